The minimum absolute atomic E-state index is 0.141. The average Bonchev–Trinajstić information content (AvgIpc) is 3.33. The maximum atomic E-state index is 12.7. The summed E-state index contributed by atoms with van der Waals surface area (Å²) in [5.74, 6) is -0.654. The van der Waals surface area contributed by atoms with Gasteiger partial charge in [-0.3, -0.25) is 9.59 Å². The summed E-state index contributed by atoms with van der Waals surface area (Å²) in [7, 11) is 0. The van der Waals surface area contributed by atoms with E-state index in [1.165, 1.54) is 0 Å². The van der Waals surface area contributed by atoms with Crippen LogP contribution in [0.2, 0.25) is 5.02 Å². The van der Waals surface area contributed by atoms with E-state index >= 15 is 0 Å². The van der Waals surface area contributed by atoms with Gasteiger partial charge in [0.2, 0.25) is 5.91 Å². The van der Waals surface area contributed by atoms with Crippen LogP contribution in [-0.4, -0.2) is 28.1 Å². The number of carbonyl (C=O) groups excluding carboxylic acids is 2. The molecule has 0 bridgehead atoms. The number of benzene rings is 2. The van der Waals surface area contributed by atoms with E-state index in [1.54, 1.807) is 18.2 Å². The van der Waals surface area contributed by atoms with Crippen LogP contribution in [0, 0.1) is 6.92 Å². The molecule has 7 heteroatoms. The van der Waals surface area contributed by atoms with Crippen molar-refractivity contribution < 1.29 is 9.59 Å². The van der Waals surface area contributed by atoms with Gasteiger partial charge in [0, 0.05) is 22.0 Å². The molecule has 0 aliphatic heterocycles. The molecular formula is C22H21ClN4O2. The summed E-state index contributed by atoms with van der Waals surface area (Å²) in [6.07, 6.45) is 2.70. The molecule has 3 aromatic rings. The van der Waals surface area contributed by atoms with Crippen LogP contribution in [0.5, 0.6) is 0 Å². The Morgan fingerprint density at radius 1 is 1.10 bits per heavy atom. The van der Waals surface area contributed by atoms with E-state index in [9.17, 15) is 9.59 Å². The Kier molecular flexibility index (Phi) is 5.36. The van der Waals surface area contributed by atoms with Crippen LogP contribution in [0.25, 0.3) is 5.69 Å². The summed E-state index contributed by atoms with van der Waals surface area (Å²) in [5, 5.41) is 10.6. The second-order valence-electron chi connectivity index (χ2n) is 7.02. The molecule has 29 heavy (non-hydrogen) atoms. The number of para-hydroxylation sites is 1. The van der Waals surface area contributed by atoms with Gasteiger partial charge >= 0.3 is 0 Å². The Balaban J connectivity index is 1.47. The normalized spacial score (nSPS) is 12.5. The Bertz CT molecular complexity index is 1080. The van der Waals surface area contributed by atoms with E-state index in [2.05, 4.69) is 15.7 Å². The van der Waals surface area contributed by atoms with Crippen molar-refractivity contribution >= 4 is 29.1 Å². The Labute approximate surface area is 173 Å². The van der Waals surface area contributed by atoms with E-state index in [1.807, 2.05) is 41.9 Å². The zero-order valence-corrected chi connectivity index (χ0v) is 16.8. The molecule has 0 saturated carbocycles. The maximum Gasteiger partial charge on any atom is 0.272 e. The fraction of sp³-hybridized carbons (Fsp3) is 0.227. The standard InChI is InChI=1S/C22H21ClN4O2/c1-14-17(23)10-6-11-18(14)25-20(28)13-24-22(29)21-16-9-5-12-19(16)27(26-21)15-7-3-2-4-8-15/h2-4,6-8,10-11H,5,9,12-13H2,1H3,(H,24,29)(H,25,28). The van der Waals surface area contributed by atoms with Crippen LogP contribution in [0.15, 0.2) is 48.5 Å². The van der Waals surface area contributed by atoms with Crippen molar-refractivity contribution in [3.8, 4) is 5.69 Å². The van der Waals surface area contributed by atoms with Gasteiger partial charge in [0.05, 0.1) is 12.2 Å². The molecular weight excluding hydrogens is 388 g/mol. The summed E-state index contributed by atoms with van der Waals surface area (Å²) in [6, 6.07) is 15.1. The Morgan fingerprint density at radius 3 is 2.69 bits per heavy atom. The minimum Gasteiger partial charge on any atom is -0.342 e. The second-order valence-corrected chi connectivity index (χ2v) is 7.43. The van der Waals surface area contributed by atoms with Crippen molar-refractivity contribution in [2.45, 2.75) is 26.2 Å². The second kappa shape index (κ2) is 8.09. The van der Waals surface area contributed by atoms with E-state index < -0.39 is 0 Å². The highest BCUT2D eigenvalue weighted by Gasteiger charge is 2.27. The molecule has 0 unspecified atom stereocenters. The lowest BCUT2D eigenvalue weighted by molar-refractivity contribution is -0.115. The summed E-state index contributed by atoms with van der Waals surface area (Å²) in [6.45, 7) is 1.69. The summed E-state index contributed by atoms with van der Waals surface area (Å²) in [4.78, 5) is 25.0. The monoisotopic (exact) mass is 408 g/mol. The molecule has 2 aromatic carbocycles. The van der Waals surface area contributed by atoms with E-state index in [0.29, 0.717) is 16.4 Å². The van der Waals surface area contributed by atoms with Crippen LogP contribution < -0.4 is 10.6 Å². The highest BCUT2D eigenvalue weighted by molar-refractivity contribution is 6.31. The predicted molar refractivity (Wildman–Crippen MR) is 113 cm³/mol. The smallest absolute Gasteiger partial charge is 0.272 e. The van der Waals surface area contributed by atoms with Crippen LogP contribution in [0.1, 0.15) is 33.7 Å². The molecule has 1 heterocycles. The molecule has 0 fully saturated rings. The fourth-order valence-electron chi connectivity index (χ4n) is 3.58. The number of rotatable bonds is 5. The lowest BCUT2D eigenvalue weighted by Crippen LogP contribution is -2.33. The molecule has 0 radical (unpaired) electrons. The largest absolute Gasteiger partial charge is 0.342 e. The molecule has 1 aliphatic carbocycles. The van der Waals surface area contributed by atoms with Gasteiger partial charge in [-0.2, -0.15) is 5.10 Å². The van der Waals surface area contributed by atoms with Crippen LogP contribution in [0.4, 0.5) is 5.69 Å². The summed E-state index contributed by atoms with van der Waals surface area (Å²) >= 11 is 6.08. The molecule has 6 nitrogen and oxygen atoms in total. The summed E-state index contributed by atoms with van der Waals surface area (Å²) in [5.41, 5.74) is 4.78. The lowest BCUT2D eigenvalue weighted by Gasteiger charge is -2.10. The fourth-order valence-corrected chi connectivity index (χ4v) is 3.76. The molecule has 2 N–H and O–H groups in total. The maximum absolute atomic E-state index is 12.7. The number of fused-ring (bicyclic) bond motifs is 1. The molecule has 148 valence electrons. The van der Waals surface area contributed by atoms with Crippen LogP contribution >= 0.6 is 11.6 Å². The Morgan fingerprint density at radius 2 is 1.90 bits per heavy atom. The van der Waals surface area contributed by atoms with Gasteiger partial charge in [-0.15, -0.1) is 0 Å². The van der Waals surface area contributed by atoms with Gasteiger partial charge in [-0.25, -0.2) is 4.68 Å². The molecule has 4 rings (SSSR count). The topological polar surface area (TPSA) is 76.0 Å². The quantitative estimate of drug-likeness (QED) is 0.676. The number of hydrogen-bond donors (Lipinski definition) is 2. The van der Waals surface area contributed by atoms with E-state index in [0.717, 1.165) is 41.8 Å². The van der Waals surface area contributed by atoms with Crippen molar-refractivity contribution in [2.24, 2.45) is 0 Å². The van der Waals surface area contributed by atoms with Crippen LogP contribution in [-0.2, 0) is 17.6 Å². The highest BCUT2D eigenvalue weighted by atomic mass is 35.5. The number of halogens is 1. The first-order valence-electron chi connectivity index (χ1n) is 9.54. The first-order valence-corrected chi connectivity index (χ1v) is 9.91. The van der Waals surface area contributed by atoms with Crippen molar-refractivity contribution in [3.63, 3.8) is 0 Å². The Hall–Kier alpha value is -3.12. The van der Waals surface area contributed by atoms with E-state index in [-0.39, 0.29) is 18.4 Å². The zero-order valence-electron chi connectivity index (χ0n) is 16.0. The third-order valence-corrected chi connectivity index (χ3v) is 5.51. The van der Waals surface area contributed by atoms with Crippen molar-refractivity contribution in [1.82, 2.24) is 15.1 Å². The van der Waals surface area contributed by atoms with Gasteiger partial charge in [0.15, 0.2) is 5.69 Å². The third kappa shape index (κ3) is 3.89. The van der Waals surface area contributed by atoms with Crippen LogP contribution in [0.3, 0.4) is 0 Å². The number of anilines is 1. The van der Waals surface area contributed by atoms with Gasteiger partial charge in [0.1, 0.15) is 0 Å². The van der Waals surface area contributed by atoms with Crippen molar-refractivity contribution in [2.75, 3.05) is 11.9 Å². The zero-order chi connectivity index (χ0) is 20.4. The lowest BCUT2D eigenvalue weighted by atomic mass is 10.2. The molecule has 0 atom stereocenters. The van der Waals surface area contributed by atoms with Gasteiger partial charge in [0.25, 0.3) is 5.91 Å². The first kappa shape index (κ1) is 19.2. The van der Waals surface area contributed by atoms with Crippen molar-refractivity contribution in [1.29, 1.82) is 0 Å². The molecule has 1 aliphatic rings. The number of aromatic nitrogens is 2. The first-order chi connectivity index (χ1) is 14.0. The SMILES string of the molecule is Cc1c(Cl)cccc1NC(=O)CNC(=O)c1nn(-c2ccccc2)c2c1CCC2. The highest BCUT2D eigenvalue weighted by Crippen LogP contribution is 2.28. The molecule has 1 aromatic heterocycles. The number of nitrogens with one attached hydrogen (secondary N) is 2. The number of nitrogens with zero attached hydrogens (tertiary/aromatic N) is 2. The number of hydrogen-bond acceptors (Lipinski definition) is 3. The average molecular weight is 409 g/mol. The number of amides is 2. The summed E-state index contributed by atoms with van der Waals surface area (Å²) < 4.78 is 1.84. The van der Waals surface area contributed by atoms with E-state index in [4.69, 9.17) is 11.6 Å². The van der Waals surface area contributed by atoms with Gasteiger partial charge < -0.3 is 10.6 Å². The molecule has 2 amide bonds. The molecule has 0 saturated heterocycles. The predicted octanol–water partition coefficient (Wildman–Crippen LogP) is 3.69. The van der Waals surface area contributed by atoms with Crippen molar-refractivity contribution in [3.05, 3.63) is 76.1 Å². The molecule has 0 spiro atoms. The third-order valence-electron chi connectivity index (χ3n) is 5.10. The number of carbonyl (C=O) groups is 2. The van der Waals surface area contributed by atoms with Gasteiger partial charge in [-0.1, -0.05) is 35.9 Å². The minimum atomic E-state index is -0.337. The van der Waals surface area contributed by atoms with Gasteiger partial charge in [-0.05, 0) is 56.0 Å².